The fourth-order valence-electron chi connectivity index (χ4n) is 3.45. The van der Waals surface area contributed by atoms with Crippen LogP contribution in [-0.4, -0.2) is 6.61 Å². The van der Waals surface area contributed by atoms with Gasteiger partial charge >= 0.3 is 0 Å². The third kappa shape index (κ3) is 2.44. The second-order valence-corrected chi connectivity index (χ2v) is 6.38. The van der Waals surface area contributed by atoms with Crippen molar-refractivity contribution in [2.45, 2.75) is 25.7 Å². The van der Waals surface area contributed by atoms with Crippen LogP contribution in [0.1, 0.15) is 25.7 Å². The second kappa shape index (κ2) is 4.52. The summed E-state index contributed by atoms with van der Waals surface area (Å²) in [5.74, 6) is 3.57. The molecule has 2 nitrogen and oxygen atoms in total. The number of halogens is 1. The van der Waals surface area contributed by atoms with Gasteiger partial charge in [-0.05, 0) is 49.1 Å². The Balaban J connectivity index is 1.60. The molecule has 2 N–H and O–H groups in total. The molecule has 2 aliphatic carbocycles. The van der Waals surface area contributed by atoms with Crippen molar-refractivity contribution in [1.29, 1.82) is 0 Å². The van der Waals surface area contributed by atoms with E-state index in [4.69, 9.17) is 10.5 Å². The van der Waals surface area contributed by atoms with E-state index < -0.39 is 0 Å². The summed E-state index contributed by atoms with van der Waals surface area (Å²) in [4.78, 5) is 0. The van der Waals surface area contributed by atoms with Crippen LogP contribution in [-0.2, 0) is 0 Å². The van der Waals surface area contributed by atoms with Crippen LogP contribution in [0.25, 0.3) is 0 Å². The van der Waals surface area contributed by atoms with E-state index in [1.807, 2.05) is 18.2 Å². The summed E-state index contributed by atoms with van der Waals surface area (Å²) in [6.45, 7) is 0.858. The van der Waals surface area contributed by atoms with Gasteiger partial charge < -0.3 is 10.5 Å². The molecule has 2 fully saturated rings. The maximum Gasteiger partial charge on any atom is 0.122 e. The predicted octanol–water partition coefficient (Wildman–Crippen LogP) is 3.85. The lowest BCUT2D eigenvalue weighted by Gasteiger charge is -2.21. The molecule has 0 saturated heterocycles. The fraction of sp³-hybridized carbons (Fsp3) is 0.571. The lowest BCUT2D eigenvalue weighted by molar-refractivity contribution is 0.195. The lowest BCUT2D eigenvalue weighted by atomic mass is 9.89. The molecule has 17 heavy (non-hydrogen) atoms. The van der Waals surface area contributed by atoms with Crippen LogP contribution < -0.4 is 10.5 Å². The number of rotatable bonds is 3. The van der Waals surface area contributed by atoms with Crippen molar-refractivity contribution in [3.63, 3.8) is 0 Å². The molecule has 2 aliphatic rings. The fourth-order valence-corrected chi connectivity index (χ4v) is 3.94. The van der Waals surface area contributed by atoms with E-state index in [2.05, 4.69) is 15.9 Å². The highest BCUT2D eigenvalue weighted by molar-refractivity contribution is 9.10. The van der Waals surface area contributed by atoms with Gasteiger partial charge in [-0.25, -0.2) is 0 Å². The van der Waals surface area contributed by atoms with Crippen molar-refractivity contribution in [2.24, 2.45) is 17.8 Å². The largest absolute Gasteiger partial charge is 0.493 e. The number of hydrogen-bond donors (Lipinski definition) is 1. The molecule has 0 spiro atoms. The van der Waals surface area contributed by atoms with Crippen molar-refractivity contribution in [2.75, 3.05) is 12.3 Å². The number of nitrogen functional groups attached to an aromatic ring is 1. The molecular weight excluding hydrogens is 278 g/mol. The van der Waals surface area contributed by atoms with Crippen LogP contribution >= 0.6 is 15.9 Å². The minimum Gasteiger partial charge on any atom is -0.493 e. The molecular formula is C14H18BrNO. The van der Waals surface area contributed by atoms with E-state index in [-0.39, 0.29) is 0 Å². The lowest BCUT2D eigenvalue weighted by Crippen LogP contribution is -2.18. The monoisotopic (exact) mass is 295 g/mol. The Morgan fingerprint density at radius 3 is 2.76 bits per heavy atom. The average Bonchev–Trinajstić information content (AvgIpc) is 2.86. The van der Waals surface area contributed by atoms with E-state index in [9.17, 15) is 0 Å². The van der Waals surface area contributed by atoms with Gasteiger partial charge in [-0.3, -0.25) is 0 Å². The zero-order valence-electron chi connectivity index (χ0n) is 9.86. The van der Waals surface area contributed by atoms with E-state index >= 15 is 0 Å². The average molecular weight is 296 g/mol. The minimum atomic E-state index is 0.752. The second-order valence-electron chi connectivity index (χ2n) is 5.47. The van der Waals surface area contributed by atoms with Gasteiger partial charge in [0.25, 0.3) is 0 Å². The number of ether oxygens (including phenoxy) is 1. The molecule has 0 aliphatic heterocycles. The first-order chi connectivity index (χ1) is 8.20. The topological polar surface area (TPSA) is 35.2 Å². The Hall–Kier alpha value is -0.700. The predicted molar refractivity (Wildman–Crippen MR) is 73.0 cm³/mol. The third-order valence-electron chi connectivity index (χ3n) is 4.24. The highest BCUT2D eigenvalue weighted by Gasteiger charge is 2.39. The quantitative estimate of drug-likeness (QED) is 0.860. The molecule has 1 aromatic carbocycles. The van der Waals surface area contributed by atoms with Gasteiger partial charge in [0, 0.05) is 16.2 Å². The number of fused-ring (bicyclic) bond motifs is 2. The van der Waals surface area contributed by atoms with Crippen molar-refractivity contribution < 1.29 is 4.74 Å². The van der Waals surface area contributed by atoms with E-state index in [0.717, 1.165) is 40.3 Å². The summed E-state index contributed by atoms with van der Waals surface area (Å²) in [7, 11) is 0. The van der Waals surface area contributed by atoms with Crippen molar-refractivity contribution in [3.8, 4) is 5.75 Å². The molecule has 3 unspecified atom stereocenters. The molecule has 0 heterocycles. The molecule has 3 rings (SSSR count). The number of hydrogen-bond acceptors (Lipinski definition) is 2. The van der Waals surface area contributed by atoms with E-state index in [1.54, 1.807) is 0 Å². The molecule has 0 amide bonds. The van der Waals surface area contributed by atoms with Gasteiger partial charge in [-0.15, -0.1) is 0 Å². The maximum atomic E-state index is 5.89. The maximum absolute atomic E-state index is 5.89. The Labute approximate surface area is 111 Å². The Morgan fingerprint density at radius 1 is 1.24 bits per heavy atom. The van der Waals surface area contributed by atoms with Crippen molar-refractivity contribution in [1.82, 2.24) is 0 Å². The molecule has 2 bridgehead atoms. The Bertz CT molecular complexity index is 400. The molecule has 0 radical (unpaired) electrons. The van der Waals surface area contributed by atoms with Crippen molar-refractivity contribution >= 4 is 21.6 Å². The van der Waals surface area contributed by atoms with E-state index in [0.29, 0.717) is 0 Å². The Kier molecular flexibility index (Phi) is 3.03. The minimum absolute atomic E-state index is 0.752. The van der Waals surface area contributed by atoms with Gasteiger partial charge in [-0.1, -0.05) is 22.4 Å². The first-order valence-electron chi connectivity index (χ1n) is 6.39. The summed E-state index contributed by atoms with van der Waals surface area (Å²) in [5, 5.41) is 0. The van der Waals surface area contributed by atoms with Gasteiger partial charge in [0.1, 0.15) is 5.75 Å². The number of anilines is 1. The van der Waals surface area contributed by atoms with Gasteiger partial charge in [0.05, 0.1) is 6.61 Å². The van der Waals surface area contributed by atoms with Crippen LogP contribution in [0.2, 0.25) is 0 Å². The third-order valence-corrected chi connectivity index (χ3v) is 4.70. The Morgan fingerprint density at radius 2 is 2.12 bits per heavy atom. The normalized spacial score (nSPS) is 30.8. The summed E-state index contributed by atoms with van der Waals surface area (Å²) < 4.78 is 6.88. The summed E-state index contributed by atoms with van der Waals surface area (Å²) in [6, 6.07) is 5.78. The molecule has 3 heteroatoms. The molecule has 1 aromatic rings. The molecule has 2 saturated carbocycles. The van der Waals surface area contributed by atoms with Crippen molar-refractivity contribution in [3.05, 3.63) is 22.7 Å². The van der Waals surface area contributed by atoms with Gasteiger partial charge in [-0.2, -0.15) is 0 Å². The van der Waals surface area contributed by atoms with E-state index in [1.165, 1.54) is 25.7 Å². The van der Waals surface area contributed by atoms with Gasteiger partial charge in [0.2, 0.25) is 0 Å². The number of nitrogens with two attached hydrogens (primary N) is 1. The SMILES string of the molecule is Nc1cc(Br)cc(OCC2CC3CCC2C3)c1. The number of benzene rings is 1. The van der Waals surface area contributed by atoms with Crippen LogP contribution in [0, 0.1) is 17.8 Å². The highest BCUT2D eigenvalue weighted by atomic mass is 79.9. The van der Waals surface area contributed by atoms with Crippen LogP contribution in [0.4, 0.5) is 5.69 Å². The molecule has 0 aromatic heterocycles. The van der Waals surface area contributed by atoms with Crippen LogP contribution in [0.3, 0.4) is 0 Å². The summed E-state index contributed by atoms with van der Waals surface area (Å²) in [5.41, 5.74) is 6.55. The first kappa shape index (κ1) is 11.4. The molecule has 3 atom stereocenters. The first-order valence-corrected chi connectivity index (χ1v) is 7.19. The van der Waals surface area contributed by atoms with Crippen LogP contribution in [0.15, 0.2) is 22.7 Å². The summed E-state index contributed by atoms with van der Waals surface area (Å²) >= 11 is 3.44. The summed E-state index contributed by atoms with van der Waals surface area (Å²) in [6.07, 6.45) is 5.67. The van der Waals surface area contributed by atoms with Gasteiger partial charge in [0.15, 0.2) is 0 Å². The van der Waals surface area contributed by atoms with Crippen LogP contribution in [0.5, 0.6) is 5.75 Å². The zero-order valence-corrected chi connectivity index (χ0v) is 11.4. The zero-order chi connectivity index (χ0) is 11.8. The molecule has 92 valence electrons. The standard InChI is InChI=1S/C14H18BrNO/c15-12-5-13(16)7-14(6-12)17-8-11-4-9-1-2-10(11)3-9/h5-7,9-11H,1-4,8,16H2. The highest BCUT2D eigenvalue weighted by Crippen LogP contribution is 2.48. The smallest absolute Gasteiger partial charge is 0.122 e.